The molecule has 0 saturated heterocycles. The molecule has 0 amide bonds. The summed E-state index contributed by atoms with van der Waals surface area (Å²) in [5, 5.41) is 13.2. The summed E-state index contributed by atoms with van der Waals surface area (Å²) in [6, 6.07) is 6.00. The van der Waals surface area contributed by atoms with Crippen LogP contribution < -0.4 is 11.1 Å². The highest BCUT2D eigenvalue weighted by molar-refractivity contribution is 7.22. The quantitative estimate of drug-likeness (QED) is 0.714. The lowest BCUT2D eigenvalue weighted by molar-refractivity contribution is 0.278. The first kappa shape index (κ1) is 12.1. The number of nitrogens with two attached hydrogens (primary N) is 1. The van der Waals surface area contributed by atoms with Gasteiger partial charge in [-0.1, -0.05) is 18.3 Å². The summed E-state index contributed by atoms with van der Waals surface area (Å²) in [5.41, 5.74) is 7.46. The van der Waals surface area contributed by atoms with E-state index >= 15 is 0 Å². The first-order chi connectivity index (χ1) is 8.22. The molecule has 17 heavy (non-hydrogen) atoms. The van der Waals surface area contributed by atoms with Gasteiger partial charge in [0.15, 0.2) is 5.13 Å². The first-order valence-corrected chi connectivity index (χ1v) is 6.58. The van der Waals surface area contributed by atoms with Crippen molar-refractivity contribution in [1.29, 1.82) is 0 Å². The Hall–Kier alpha value is -1.33. The second-order valence-electron chi connectivity index (χ2n) is 4.01. The summed E-state index contributed by atoms with van der Waals surface area (Å²) in [5.74, 6) is 0. The maximum absolute atomic E-state index is 8.95. The summed E-state index contributed by atoms with van der Waals surface area (Å²) >= 11 is 1.60. The number of fused-ring (bicyclic) bond motifs is 1. The topological polar surface area (TPSA) is 71.2 Å². The van der Waals surface area contributed by atoms with E-state index in [1.165, 1.54) is 0 Å². The molecule has 1 atom stereocenters. The molecular weight excluding hydrogens is 234 g/mol. The van der Waals surface area contributed by atoms with E-state index < -0.39 is 0 Å². The van der Waals surface area contributed by atoms with Crippen molar-refractivity contribution in [2.45, 2.75) is 25.8 Å². The van der Waals surface area contributed by atoms with Crippen LogP contribution in [0.2, 0.25) is 0 Å². The number of anilines is 2. The van der Waals surface area contributed by atoms with Gasteiger partial charge < -0.3 is 16.2 Å². The van der Waals surface area contributed by atoms with Crippen LogP contribution in [-0.4, -0.2) is 22.7 Å². The summed E-state index contributed by atoms with van der Waals surface area (Å²) in [4.78, 5) is 4.49. The predicted octanol–water partition coefficient (Wildman–Crippen LogP) is 2.45. The van der Waals surface area contributed by atoms with E-state index in [2.05, 4.69) is 17.2 Å². The van der Waals surface area contributed by atoms with Gasteiger partial charge in [0.1, 0.15) is 0 Å². The van der Waals surface area contributed by atoms with Gasteiger partial charge in [0, 0.05) is 18.3 Å². The normalized spacial score (nSPS) is 12.8. The standard InChI is InChI=1S/C12H17N3OS/c1-2-9(5-6-16)14-12-15-10-4-3-8(13)7-11(10)17-12/h3-4,7,9,16H,2,5-6,13H2,1H3,(H,14,15). The lowest BCUT2D eigenvalue weighted by Gasteiger charge is -2.14. The number of thiazole rings is 1. The van der Waals surface area contributed by atoms with E-state index in [4.69, 9.17) is 10.8 Å². The maximum Gasteiger partial charge on any atom is 0.184 e. The SMILES string of the molecule is CCC(CCO)Nc1nc2ccc(N)cc2s1. The third-order valence-corrected chi connectivity index (χ3v) is 3.66. The number of hydrogen-bond acceptors (Lipinski definition) is 5. The van der Waals surface area contributed by atoms with Crippen LogP contribution >= 0.6 is 11.3 Å². The van der Waals surface area contributed by atoms with E-state index in [-0.39, 0.29) is 12.6 Å². The number of aromatic nitrogens is 1. The number of nitrogens with zero attached hydrogens (tertiary/aromatic N) is 1. The number of aliphatic hydroxyl groups excluding tert-OH is 1. The van der Waals surface area contributed by atoms with Crippen molar-refractivity contribution in [2.75, 3.05) is 17.7 Å². The minimum absolute atomic E-state index is 0.198. The molecule has 1 unspecified atom stereocenters. The summed E-state index contributed by atoms with van der Waals surface area (Å²) in [6.07, 6.45) is 1.72. The van der Waals surface area contributed by atoms with E-state index in [1.807, 2.05) is 18.2 Å². The molecule has 0 aliphatic carbocycles. The van der Waals surface area contributed by atoms with E-state index in [0.29, 0.717) is 0 Å². The summed E-state index contributed by atoms with van der Waals surface area (Å²) in [6.45, 7) is 2.29. The predicted molar refractivity (Wildman–Crippen MR) is 73.4 cm³/mol. The average molecular weight is 251 g/mol. The first-order valence-electron chi connectivity index (χ1n) is 5.76. The van der Waals surface area contributed by atoms with Gasteiger partial charge in [-0.15, -0.1) is 0 Å². The minimum Gasteiger partial charge on any atom is -0.399 e. The number of hydrogen-bond donors (Lipinski definition) is 3. The highest BCUT2D eigenvalue weighted by atomic mass is 32.1. The van der Waals surface area contributed by atoms with E-state index in [9.17, 15) is 0 Å². The molecule has 0 saturated carbocycles. The van der Waals surface area contributed by atoms with Crippen LogP contribution in [0.25, 0.3) is 10.2 Å². The maximum atomic E-state index is 8.95. The van der Waals surface area contributed by atoms with Crippen molar-refractivity contribution >= 4 is 32.4 Å². The zero-order valence-electron chi connectivity index (χ0n) is 9.81. The third-order valence-electron chi connectivity index (χ3n) is 2.71. The van der Waals surface area contributed by atoms with Crippen LogP contribution in [0.4, 0.5) is 10.8 Å². The molecule has 0 aliphatic heterocycles. The molecule has 0 fully saturated rings. The van der Waals surface area contributed by atoms with Crippen molar-refractivity contribution in [1.82, 2.24) is 4.98 Å². The van der Waals surface area contributed by atoms with Gasteiger partial charge in [-0.25, -0.2) is 4.98 Å². The van der Waals surface area contributed by atoms with Gasteiger partial charge in [-0.05, 0) is 31.0 Å². The zero-order valence-corrected chi connectivity index (χ0v) is 10.6. The molecule has 0 bridgehead atoms. The lowest BCUT2D eigenvalue weighted by Crippen LogP contribution is -2.19. The Bertz CT molecular complexity index is 497. The fourth-order valence-corrected chi connectivity index (χ4v) is 2.70. The van der Waals surface area contributed by atoms with Crippen LogP contribution in [0.1, 0.15) is 19.8 Å². The zero-order chi connectivity index (χ0) is 12.3. The Balaban J connectivity index is 2.18. The molecule has 2 rings (SSSR count). The van der Waals surface area contributed by atoms with Gasteiger partial charge in [-0.3, -0.25) is 0 Å². The van der Waals surface area contributed by atoms with Gasteiger partial charge in [0.25, 0.3) is 0 Å². The fraction of sp³-hybridized carbons (Fsp3) is 0.417. The highest BCUT2D eigenvalue weighted by Gasteiger charge is 2.09. The van der Waals surface area contributed by atoms with Crippen LogP contribution in [0.5, 0.6) is 0 Å². The van der Waals surface area contributed by atoms with Gasteiger partial charge in [0.05, 0.1) is 10.2 Å². The average Bonchev–Trinajstić information content (AvgIpc) is 2.69. The lowest BCUT2D eigenvalue weighted by atomic mass is 10.2. The van der Waals surface area contributed by atoms with Crippen LogP contribution in [0.3, 0.4) is 0 Å². The Morgan fingerprint density at radius 2 is 2.35 bits per heavy atom. The molecule has 0 radical (unpaired) electrons. The smallest absolute Gasteiger partial charge is 0.184 e. The number of nitrogens with one attached hydrogen (secondary N) is 1. The van der Waals surface area contributed by atoms with Crippen molar-refractivity contribution in [3.05, 3.63) is 18.2 Å². The number of benzene rings is 1. The Kier molecular flexibility index (Phi) is 3.81. The number of rotatable bonds is 5. The van der Waals surface area contributed by atoms with E-state index in [1.54, 1.807) is 11.3 Å². The third kappa shape index (κ3) is 2.87. The molecule has 92 valence electrons. The Morgan fingerprint density at radius 3 is 3.06 bits per heavy atom. The molecule has 4 N–H and O–H groups in total. The molecule has 1 aromatic carbocycles. The van der Waals surface area contributed by atoms with Gasteiger partial charge >= 0.3 is 0 Å². The minimum atomic E-state index is 0.198. The molecule has 0 spiro atoms. The van der Waals surface area contributed by atoms with Crippen molar-refractivity contribution in [3.63, 3.8) is 0 Å². The summed E-state index contributed by atoms with van der Waals surface area (Å²) < 4.78 is 1.09. The highest BCUT2D eigenvalue weighted by Crippen LogP contribution is 2.28. The van der Waals surface area contributed by atoms with Gasteiger partial charge in [0.2, 0.25) is 0 Å². The molecule has 5 heteroatoms. The Morgan fingerprint density at radius 1 is 1.53 bits per heavy atom. The Labute approximate surface area is 104 Å². The van der Waals surface area contributed by atoms with Gasteiger partial charge in [-0.2, -0.15) is 0 Å². The second-order valence-corrected chi connectivity index (χ2v) is 5.04. The van der Waals surface area contributed by atoms with Crippen molar-refractivity contribution < 1.29 is 5.11 Å². The van der Waals surface area contributed by atoms with Crippen molar-refractivity contribution in [3.8, 4) is 0 Å². The van der Waals surface area contributed by atoms with Crippen LogP contribution in [0, 0.1) is 0 Å². The molecule has 2 aromatic rings. The fourth-order valence-electron chi connectivity index (χ4n) is 1.71. The molecule has 1 aromatic heterocycles. The largest absolute Gasteiger partial charge is 0.399 e. The van der Waals surface area contributed by atoms with Crippen molar-refractivity contribution in [2.24, 2.45) is 0 Å². The summed E-state index contributed by atoms with van der Waals surface area (Å²) in [7, 11) is 0. The molecule has 4 nitrogen and oxygen atoms in total. The monoisotopic (exact) mass is 251 g/mol. The number of aliphatic hydroxyl groups is 1. The molecule has 1 heterocycles. The second kappa shape index (κ2) is 5.33. The number of nitrogen functional groups attached to an aromatic ring is 1. The van der Waals surface area contributed by atoms with Crippen LogP contribution in [0.15, 0.2) is 18.2 Å². The molecule has 0 aliphatic rings. The molecular formula is C12H17N3OS. The van der Waals surface area contributed by atoms with Crippen LogP contribution in [-0.2, 0) is 0 Å². The van der Waals surface area contributed by atoms with E-state index in [0.717, 1.165) is 33.9 Å².